The number of anilines is 1. The van der Waals surface area contributed by atoms with Crippen LogP contribution >= 0.6 is 0 Å². The Balaban J connectivity index is 1.64. The molecule has 0 aliphatic carbocycles. The van der Waals surface area contributed by atoms with Crippen molar-refractivity contribution in [3.05, 3.63) is 34.9 Å². The largest absolute Gasteiger partial charge is 0.508 e. The number of nitrogen functional groups attached to an aromatic ring is 1. The van der Waals surface area contributed by atoms with Gasteiger partial charge in [0.1, 0.15) is 31.7 Å². The number of ether oxygens (including phenoxy) is 5. The van der Waals surface area contributed by atoms with Gasteiger partial charge in [-0.25, -0.2) is 9.59 Å². The molecule has 0 aromatic carbocycles. The maximum atomic E-state index is 12.8. The minimum atomic E-state index is -0.987. The molecule has 61 heavy (non-hydrogen) atoms. The summed E-state index contributed by atoms with van der Waals surface area (Å²) in [5.74, 6) is -0.677. The first kappa shape index (κ1) is 53.7. The minimum Gasteiger partial charge on any atom is -0.462 e. The van der Waals surface area contributed by atoms with Crippen molar-refractivity contribution in [1.29, 1.82) is 0 Å². The molecular formula is C49H85N3O9. The van der Waals surface area contributed by atoms with Crippen LogP contribution in [0.5, 0.6) is 0 Å². The molecule has 12 heteroatoms. The van der Waals surface area contributed by atoms with Crippen molar-refractivity contribution in [3.8, 4) is 0 Å². The predicted molar refractivity (Wildman–Crippen MR) is 243 cm³/mol. The van der Waals surface area contributed by atoms with Crippen molar-refractivity contribution >= 4 is 23.9 Å². The lowest BCUT2D eigenvalue weighted by Gasteiger charge is -2.19. The fourth-order valence-electron chi connectivity index (χ4n) is 7.61. The van der Waals surface area contributed by atoms with E-state index in [2.05, 4.69) is 18.8 Å². The molecule has 0 saturated heterocycles. The number of rotatable bonds is 40. The first-order valence-corrected chi connectivity index (χ1v) is 24.7. The molecule has 0 spiro atoms. The molecule has 1 aliphatic heterocycles. The Kier molecular flexibility index (Phi) is 32.7. The van der Waals surface area contributed by atoms with Gasteiger partial charge >= 0.3 is 23.8 Å². The van der Waals surface area contributed by atoms with E-state index < -0.39 is 36.3 Å². The number of hydrogen-bond acceptors (Lipinski definition) is 11. The highest BCUT2D eigenvalue weighted by Gasteiger charge is 2.24. The van der Waals surface area contributed by atoms with Gasteiger partial charge in [-0.2, -0.15) is 4.98 Å². The number of hydrogen-bond donors (Lipinski definition) is 1. The van der Waals surface area contributed by atoms with Crippen LogP contribution in [-0.4, -0.2) is 59.7 Å². The summed E-state index contributed by atoms with van der Waals surface area (Å²) in [4.78, 5) is 53.8. The zero-order valence-corrected chi connectivity index (χ0v) is 38.4. The average molecular weight is 860 g/mol. The predicted octanol–water partition coefficient (Wildman–Crippen LogP) is 12.4. The summed E-state index contributed by atoms with van der Waals surface area (Å²) in [6.07, 6.45) is 39.3. The van der Waals surface area contributed by atoms with Crippen LogP contribution in [0.4, 0.5) is 10.6 Å². The standard InChI is InChI=1S/C49H85N3O9/c1-3-5-7-9-11-13-15-17-19-21-23-25-27-29-31-33-46(53)57-40-43(61-47(54)34-32-30-28-26-24-22-20-18-16-14-12-10-8-6-4-2)41-59-49(56)58-39-42-35-36-45(60-42)52-38-37-44(50)51-48(52)55/h35-38,42-43,45H,3-34,39-41H2,1-2H3,(H2,50,51,55)/t42-,43?,45+/m0/s1. The van der Waals surface area contributed by atoms with Crippen molar-refractivity contribution < 1.29 is 38.1 Å². The zero-order valence-electron chi connectivity index (χ0n) is 38.4. The van der Waals surface area contributed by atoms with E-state index >= 15 is 0 Å². The van der Waals surface area contributed by atoms with Crippen molar-refractivity contribution in [1.82, 2.24) is 9.55 Å². The molecule has 2 heterocycles. The Bertz CT molecular complexity index is 1350. The zero-order chi connectivity index (χ0) is 44.0. The molecule has 2 N–H and O–H groups in total. The molecule has 1 unspecified atom stereocenters. The Morgan fingerprint density at radius 1 is 0.607 bits per heavy atom. The van der Waals surface area contributed by atoms with Crippen LogP contribution in [0.15, 0.2) is 29.2 Å². The number of carbonyl (C=O) groups excluding carboxylic acids is 3. The normalized spacial score (nSPS) is 15.2. The lowest BCUT2D eigenvalue weighted by molar-refractivity contribution is -0.162. The monoisotopic (exact) mass is 860 g/mol. The van der Waals surface area contributed by atoms with Crippen LogP contribution in [0.25, 0.3) is 0 Å². The third kappa shape index (κ3) is 29.5. The first-order valence-electron chi connectivity index (χ1n) is 24.7. The summed E-state index contributed by atoms with van der Waals surface area (Å²) < 4.78 is 28.7. The smallest absolute Gasteiger partial charge is 0.462 e. The molecule has 350 valence electrons. The maximum Gasteiger partial charge on any atom is 0.508 e. The van der Waals surface area contributed by atoms with Gasteiger partial charge in [0.2, 0.25) is 0 Å². The van der Waals surface area contributed by atoms with Gasteiger partial charge in [0.15, 0.2) is 12.3 Å². The van der Waals surface area contributed by atoms with Gasteiger partial charge in [-0.05, 0) is 25.0 Å². The highest BCUT2D eigenvalue weighted by molar-refractivity contribution is 5.70. The number of nitrogens with zero attached hydrogens (tertiary/aromatic N) is 2. The molecule has 1 aromatic heterocycles. The fourth-order valence-corrected chi connectivity index (χ4v) is 7.61. The van der Waals surface area contributed by atoms with Gasteiger partial charge < -0.3 is 29.4 Å². The topological polar surface area (TPSA) is 158 Å². The van der Waals surface area contributed by atoms with Gasteiger partial charge in [0, 0.05) is 19.0 Å². The van der Waals surface area contributed by atoms with Crippen molar-refractivity contribution in [2.24, 2.45) is 0 Å². The van der Waals surface area contributed by atoms with Crippen LogP contribution in [0.1, 0.15) is 226 Å². The minimum absolute atomic E-state index is 0.106. The van der Waals surface area contributed by atoms with Crippen LogP contribution in [0, 0.1) is 0 Å². The molecule has 0 bridgehead atoms. The molecule has 12 nitrogen and oxygen atoms in total. The van der Waals surface area contributed by atoms with Crippen LogP contribution in [0.2, 0.25) is 0 Å². The Labute approximate surface area is 368 Å². The van der Waals surface area contributed by atoms with E-state index in [9.17, 15) is 19.2 Å². The SMILES string of the molecule is CCCCCCCCCCCCCCCCCC(=O)OCC(COC(=O)OC[C@@H]1C=C[C@H](n2ccc(N)nc2=O)O1)OC(=O)CCCCCCCCCCCCCCCCC. The molecular weight excluding hydrogens is 775 g/mol. The third-order valence-corrected chi connectivity index (χ3v) is 11.4. The molecule has 0 saturated carbocycles. The van der Waals surface area contributed by atoms with Crippen molar-refractivity contribution in [3.63, 3.8) is 0 Å². The lowest BCUT2D eigenvalue weighted by atomic mass is 10.0. The Hall–Kier alpha value is -3.41. The first-order chi connectivity index (χ1) is 29.8. The summed E-state index contributed by atoms with van der Waals surface area (Å²) >= 11 is 0. The lowest BCUT2D eigenvalue weighted by Crippen LogP contribution is -2.31. The van der Waals surface area contributed by atoms with Crippen LogP contribution in [0.3, 0.4) is 0 Å². The van der Waals surface area contributed by atoms with Gasteiger partial charge in [-0.15, -0.1) is 0 Å². The van der Waals surface area contributed by atoms with E-state index in [1.54, 1.807) is 12.2 Å². The summed E-state index contributed by atoms with van der Waals surface area (Å²) in [7, 11) is 0. The van der Waals surface area contributed by atoms with E-state index in [1.807, 2.05) is 0 Å². The van der Waals surface area contributed by atoms with Gasteiger partial charge in [0.05, 0.1) is 0 Å². The Morgan fingerprint density at radius 3 is 1.49 bits per heavy atom. The molecule has 3 atom stereocenters. The van der Waals surface area contributed by atoms with Crippen LogP contribution in [-0.2, 0) is 33.3 Å². The van der Waals surface area contributed by atoms with Gasteiger partial charge in [-0.3, -0.25) is 14.2 Å². The maximum absolute atomic E-state index is 12.8. The molecule has 0 amide bonds. The Morgan fingerprint density at radius 2 is 1.03 bits per heavy atom. The van der Waals surface area contributed by atoms with Gasteiger partial charge in [0.25, 0.3) is 0 Å². The highest BCUT2D eigenvalue weighted by atomic mass is 16.7. The van der Waals surface area contributed by atoms with E-state index in [0.717, 1.165) is 32.1 Å². The van der Waals surface area contributed by atoms with E-state index in [4.69, 9.17) is 29.4 Å². The molecule has 0 radical (unpaired) electrons. The van der Waals surface area contributed by atoms with E-state index in [1.165, 1.54) is 171 Å². The summed E-state index contributed by atoms with van der Waals surface area (Å²) in [5, 5.41) is 0. The highest BCUT2D eigenvalue weighted by Crippen LogP contribution is 2.21. The summed E-state index contributed by atoms with van der Waals surface area (Å²) in [6, 6.07) is 1.49. The number of carbonyl (C=O) groups is 3. The van der Waals surface area contributed by atoms with Crippen molar-refractivity contribution in [2.75, 3.05) is 25.6 Å². The second-order valence-corrected chi connectivity index (χ2v) is 17.1. The molecule has 0 fully saturated rings. The summed E-state index contributed by atoms with van der Waals surface area (Å²) in [5.41, 5.74) is 5.01. The third-order valence-electron chi connectivity index (χ3n) is 11.4. The number of unbranched alkanes of at least 4 members (excludes halogenated alkanes) is 28. The molecule has 2 rings (SSSR count). The number of nitrogens with two attached hydrogens (primary N) is 1. The van der Waals surface area contributed by atoms with E-state index in [0.29, 0.717) is 6.42 Å². The summed E-state index contributed by atoms with van der Waals surface area (Å²) in [6.45, 7) is 3.81. The molecule has 1 aromatic rings. The van der Waals surface area contributed by atoms with Gasteiger partial charge in [-0.1, -0.05) is 200 Å². The van der Waals surface area contributed by atoms with Crippen molar-refractivity contribution in [2.45, 2.75) is 238 Å². The average Bonchev–Trinajstić information content (AvgIpc) is 3.72. The number of aromatic nitrogens is 2. The second-order valence-electron chi connectivity index (χ2n) is 17.1. The quantitative estimate of drug-likeness (QED) is 0.0290. The number of esters is 2. The van der Waals surface area contributed by atoms with Crippen LogP contribution < -0.4 is 11.4 Å². The second kappa shape index (κ2) is 37.2. The molecule has 1 aliphatic rings. The fraction of sp³-hybridized carbons (Fsp3) is 0.816. The van der Waals surface area contributed by atoms with E-state index in [-0.39, 0.29) is 44.4 Å².